The highest BCUT2D eigenvalue weighted by Gasteiger charge is 1.79. The summed E-state index contributed by atoms with van der Waals surface area (Å²) in [6.07, 6.45) is 7.87. The Morgan fingerprint density at radius 2 is 1.25 bits per heavy atom. The Hall–Kier alpha value is -0.0400. The summed E-state index contributed by atoms with van der Waals surface area (Å²) in [6.45, 7) is 7.54. The molecule has 0 aromatic heterocycles. The van der Waals surface area contributed by atoms with Crippen LogP contribution in [0, 0.1) is 0 Å². The van der Waals surface area contributed by atoms with Crippen molar-refractivity contribution in [2.45, 2.75) is 59.3 Å². The number of ether oxygens (including phenoxy) is 1. The molecule has 0 aromatic carbocycles. The first kappa shape index (κ1) is 14.5. The summed E-state index contributed by atoms with van der Waals surface area (Å²) >= 11 is 0. The minimum atomic E-state index is 0.924. The van der Waals surface area contributed by atoms with Gasteiger partial charge >= 0.3 is 0 Å². The minimum absolute atomic E-state index is 0.924. The Balaban J connectivity index is 0. The average Bonchev–Trinajstić information content (AvgIpc) is 2.08. The van der Waals surface area contributed by atoms with Crippen LogP contribution in [-0.2, 0) is 4.74 Å². The fourth-order valence-electron chi connectivity index (χ4n) is 0.850. The van der Waals surface area contributed by atoms with Gasteiger partial charge in [-0.15, -0.1) is 0 Å². The molecule has 0 aliphatic heterocycles. The Labute approximate surface area is 78.5 Å². The van der Waals surface area contributed by atoms with E-state index in [0.717, 1.165) is 6.61 Å². The minimum Gasteiger partial charge on any atom is -0.385 e. The number of unbranched alkanes of at least 4 members (excludes halogenated alkanes) is 4. The van der Waals surface area contributed by atoms with Crippen molar-refractivity contribution < 1.29 is 4.74 Å². The van der Waals surface area contributed by atoms with Gasteiger partial charge < -0.3 is 4.74 Å². The molecule has 0 aliphatic rings. The molecule has 0 rings (SSSR count). The van der Waals surface area contributed by atoms with Gasteiger partial charge in [0.15, 0.2) is 0 Å². The molecule has 0 atom stereocenters. The summed E-state index contributed by atoms with van der Waals surface area (Å²) < 4.78 is 4.84. The summed E-state index contributed by atoms with van der Waals surface area (Å²) in [7, 11) is 1.75. The van der Waals surface area contributed by atoms with Crippen LogP contribution in [0.2, 0.25) is 0 Å². The predicted molar refractivity (Wildman–Crippen MR) is 56.6 cm³/mol. The van der Waals surface area contributed by atoms with Crippen molar-refractivity contribution in [3.8, 4) is 0 Å². The van der Waals surface area contributed by atoms with Gasteiger partial charge in [0.1, 0.15) is 0 Å². The lowest BCUT2D eigenvalue weighted by atomic mass is 10.3. The third-order valence-electron chi connectivity index (χ3n) is 1.66. The molecule has 0 spiro atoms. The van der Waals surface area contributed by atoms with Gasteiger partial charge in [0, 0.05) is 13.7 Å². The lowest BCUT2D eigenvalue weighted by Crippen LogP contribution is -1.85. The first-order valence-electron chi connectivity index (χ1n) is 5.32. The maximum absolute atomic E-state index is 4.84. The topological polar surface area (TPSA) is 9.23 Å². The van der Waals surface area contributed by atoms with E-state index in [1.807, 2.05) is 0 Å². The Bertz CT molecular complexity index is 47.0. The molecular weight excluding hydrogens is 148 g/mol. The number of rotatable bonds is 6. The summed E-state index contributed by atoms with van der Waals surface area (Å²) in [5.74, 6) is 0. The Morgan fingerprint density at radius 1 is 0.750 bits per heavy atom. The summed E-state index contributed by atoms with van der Waals surface area (Å²) in [5, 5.41) is 0. The molecule has 0 N–H and O–H groups in total. The van der Waals surface area contributed by atoms with Crippen LogP contribution in [0.25, 0.3) is 0 Å². The fraction of sp³-hybridized carbons (Fsp3) is 1.00. The van der Waals surface area contributed by atoms with E-state index in [2.05, 4.69) is 20.8 Å². The smallest absolute Gasteiger partial charge is 0.0462 e. The molecule has 0 bridgehead atoms. The molecule has 0 heterocycles. The van der Waals surface area contributed by atoms with E-state index < -0.39 is 0 Å². The third kappa shape index (κ3) is 22.5. The zero-order chi connectivity index (χ0) is 9.66. The molecule has 0 aliphatic carbocycles. The van der Waals surface area contributed by atoms with E-state index in [9.17, 15) is 0 Å². The van der Waals surface area contributed by atoms with E-state index in [1.54, 1.807) is 7.11 Å². The van der Waals surface area contributed by atoms with Gasteiger partial charge in [-0.25, -0.2) is 0 Å². The molecule has 0 amide bonds. The fourth-order valence-corrected chi connectivity index (χ4v) is 0.850. The summed E-state index contributed by atoms with van der Waals surface area (Å²) in [4.78, 5) is 0. The quantitative estimate of drug-likeness (QED) is 0.553. The zero-order valence-corrected chi connectivity index (χ0v) is 9.36. The van der Waals surface area contributed by atoms with Crippen LogP contribution in [0.1, 0.15) is 59.3 Å². The van der Waals surface area contributed by atoms with Gasteiger partial charge in [-0.05, 0) is 6.42 Å². The number of hydrogen-bond donors (Lipinski definition) is 0. The van der Waals surface area contributed by atoms with E-state index >= 15 is 0 Å². The second-order valence-corrected chi connectivity index (χ2v) is 3.05. The van der Waals surface area contributed by atoms with Gasteiger partial charge in [-0.3, -0.25) is 0 Å². The predicted octanol–water partition coefficient (Wildman–Crippen LogP) is 4.02. The van der Waals surface area contributed by atoms with E-state index in [-0.39, 0.29) is 0 Å². The second-order valence-electron chi connectivity index (χ2n) is 3.05. The van der Waals surface area contributed by atoms with Crippen LogP contribution in [0.15, 0.2) is 0 Å². The maximum atomic E-state index is 4.84. The van der Waals surface area contributed by atoms with E-state index in [1.165, 1.54) is 38.5 Å². The van der Waals surface area contributed by atoms with Crippen molar-refractivity contribution in [1.29, 1.82) is 0 Å². The summed E-state index contributed by atoms with van der Waals surface area (Å²) in [6, 6.07) is 0. The molecular formula is C11H26O. The van der Waals surface area contributed by atoms with Crippen LogP contribution >= 0.6 is 0 Å². The van der Waals surface area contributed by atoms with Gasteiger partial charge in [0.05, 0.1) is 0 Å². The van der Waals surface area contributed by atoms with Crippen molar-refractivity contribution in [3.63, 3.8) is 0 Å². The largest absolute Gasteiger partial charge is 0.385 e. The number of hydrogen-bond acceptors (Lipinski definition) is 1. The van der Waals surface area contributed by atoms with Crippen molar-refractivity contribution in [1.82, 2.24) is 0 Å². The number of methoxy groups -OCH3 is 1. The highest BCUT2D eigenvalue weighted by atomic mass is 16.5. The van der Waals surface area contributed by atoms with Crippen LogP contribution in [-0.4, -0.2) is 13.7 Å². The van der Waals surface area contributed by atoms with Gasteiger partial charge in [-0.2, -0.15) is 0 Å². The van der Waals surface area contributed by atoms with E-state index in [4.69, 9.17) is 4.74 Å². The van der Waals surface area contributed by atoms with Gasteiger partial charge in [0.2, 0.25) is 0 Å². The van der Waals surface area contributed by atoms with E-state index in [0.29, 0.717) is 0 Å². The van der Waals surface area contributed by atoms with Gasteiger partial charge in [0.25, 0.3) is 0 Å². The zero-order valence-electron chi connectivity index (χ0n) is 9.36. The Morgan fingerprint density at radius 3 is 1.50 bits per heavy atom. The highest BCUT2D eigenvalue weighted by molar-refractivity contribution is 4.32. The third-order valence-corrected chi connectivity index (χ3v) is 1.66. The second kappa shape index (κ2) is 17.2. The molecule has 0 saturated heterocycles. The first-order valence-corrected chi connectivity index (χ1v) is 5.32. The average molecular weight is 174 g/mol. The molecule has 76 valence electrons. The monoisotopic (exact) mass is 174 g/mol. The van der Waals surface area contributed by atoms with Crippen molar-refractivity contribution in [2.24, 2.45) is 0 Å². The molecule has 0 radical (unpaired) electrons. The molecule has 0 unspecified atom stereocenters. The SMILES string of the molecule is CCCCC.CCCCCOC. The molecule has 1 heteroatoms. The lowest BCUT2D eigenvalue weighted by Gasteiger charge is -1.92. The normalized spacial score (nSPS) is 9.00. The van der Waals surface area contributed by atoms with Crippen LogP contribution in [0.4, 0.5) is 0 Å². The molecule has 1 nitrogen and oxygen atoms in total. The summed E-state index contributed by atoms with van der Waals surface area (Å²) in [5.41, 5.74) is 0. The Kier molecular flexibility index (Phi) is 20.7. The van der Waals surface area contributed by atoms with Crippen LogP contribution in [0.3, 0.4) is 0 Å². The van der Waals surface area contributed by atoms with Crippen LogP contribution < -0.4 is 0 Å². The standard InChI is InChI=1S/C6H14O.C5H12/c1-3-4-5-6-7-2;1-3-5-4-2/h3-6H2,1-2H3;3-5H2,1-2H3. The maximum Gasteiger partial charge on any atom is 0.0462 e. The molecule has 0 fully saturated rings. The molecule has 0 saturated carbocycles. The van der Waals surface area contributed by atoms with Crippen molar-refractivity contribution in [2.75, 3.05) is 13.7 Å². The molecule has 0 aromatic rings. The first-order chi connectivity index (χ1) is 5.83. The molecule has 12 heavy (non-hydrogen) atoms. The van der Waals surface area contributed by atoms with Crippen molar-refractivity contribution >= 4 is 0 Å². The van der Waals surface area contributed by atoms with Crippen LogP contribution in [0.5, 0.6) is 0 Å². The highest BCUT2D eigenvalue weighted by Crippen LogP contribution is 1.91. The lowest BCUT2D eigenvalue weighted by molar-refractivity contribution is 0.192. The van der Waals surface area contributed by atoms with Gasteiger partial charge in [-0.1, -0.05) is 52.9 Å². The van der Waals surface area contributed by atoms with Crippen molar-refractivity contribution in [3.05, 3.63) is 0 Å².